The lowest BCUT2D eigenvalue weighted by Gasteiger charge is -2.02. The van der Waals surface area contributed by atoms with Gasteiger partial charge < -0.3 is 15.7 Å². The first-order valence-electron chi connectivity index (χ1n) is 3.95. The maximum absolute atomic E-state index is 10.9. The molecular weight excluding hydrogens is 156 g/mol. The maximum Gasteiger partial charge on any atom is 0.318 e. The van der Waals surface area contributed by atoms with E-state index in [2.05, 4.69) is 10.6 Å². The maximum atomic E-state index is 10.9. The van der Waals surface area contributed by atoms with Gasteiger partial charge in [0, 0.05) is 19.4 Å². The molecule has 12 heavy (non-hydrogen) atoms. The predicted octanol–water partition coefficient (Wildman–Crippen LogP) is 0.592. The first-order valence-corrected chi connectivity index (χ1v) is 3.95. The molecule has 4 heteroatoms. The number of urea groups is 1. The van der Waals surface area contributed by atoms with Gasteiger partial charge in [0.25, 0.3) is 0 Å². The van der Waals surface area contributed by atoms with Crippen LogP contribution in [-0.2, 0) is 0 Å². The second-order valence-electron chi connectivity index (χ2n) is 2.70. The molecule has 0 spiro atoms. The average Bonchev–Trinajstić information content (AvgIpc) is 2.01. The van der Waals surface area contributed by atoms with Crippen molar-refractivity contribution in [1.82, 2.24) is 10.6 Å². The van der Waals surface area contributed by atoms with Crippen molar-refractivity contribution < 1.29 is 9.90 Å². The van der Waals surface area contributed by atoms with Crippen LogP contribution in [0.5, 0.6) is 0 Å². The van der Waals surface area contributed by atoms with Crippen LogP contribution in [0.25, 0.3) is 0 Å². The molecule has 70 valence electrons. The zero-order valence-electron chi connectivity index (χ0n) is 7.55. The minimum absolute atomic E-state index is 0.100. The van der Waals surface area contributed by atoms with Crippen molar-refractivity contribution in [3.63, 3.8) is 0 Å². The fraction of sp³-hybridized carbons (Fsp3) is 0.625. The van der Waals surface area contributed by atoms with Crippen molar-refractivity contribution in [2.24, 2.45) is 0 Å². The molecule has 0 fully saturated rings. The number of hydrogen-bond acceptors (Lipinski definition) is 2. The zero-order chi connectivity index (χ0) is 9.40. The van der Waals surface area contributed by atoms with Crippen molar-refractivity contribution in [3.8, 4) is 0 Å². The zero-order valence-corrected chi connectivity index (χ0v) is 7.55. The van der Waals surface area contributed by atoms with Crippen LogP contribution in [0.3, 0.4) is 0 Å². The quantitative estimate of drug-likeness (QED) is 0.543. The van der Waals surface area contributed by atoms with Gasteiger partial charge in [-0.2, -0.15) is 0 Å². The molecule has 0 aliphatic carbocycles. The van der Waals surface area contributed by atoms with Gasteiger partial charge in [-0.25, -0.2) is 4.79 Å². The van der Waals surface area contributed by atoms with E-state index in [0.29, 0.717) is 13.0 Å². The monoisotopic (exact) mass is 172 g/mol. The number of allylic oxidation sites excluding steroid dienone is 1. The highest BCUT2D eigenvalue weighted by Crippen LogP contribution is 1.83. The van der Waals surface area contributed by atoms with Gasteiger partial charge >= 0.3 is 6.03 Å². The van der Waals surface area contributed by atoms with Gasteiger partial charge in [-0.1, -0.05) is 5.57 Å². The third-order valence-electron chi connectivity index (χ3n) is 1.11. The number of nitrogens with one attached hydrogen (secondary N) is 2. The smallest absolute Gasteiger partial charge is 0.318 e. The number of carbonyl (C=O) groups is 1. The van der Waals surface area contributed by atoms with Crippen LogP contribution in [0.2, 0.25) is 0 Å². The van der Waals surface area contributed by atoms with Gasteiger partial charge in [-0.05, 0) is 20.3 Å². The molecule has 0 aromatic rings. The highest BCUT2D eigenvalue weighted by atomic mass is 16.3. The van der Waals surface area contributed by atoms with Gasteiger partial charge in [0.05, 0.1) is 0 Å². The Bertz CT molecular complexity index is 162. The molecule has 0 rings (SSSR count). The molecule has 4 nitrogen and oxygen atoms in total. The second kappa shape index (κ2) is 6.67. The number of aliphatic hydroxyl groups excluding tert-OH is 1. The average molecular weight is 172 g/mol. The summed E-state index contributed by atoms with van der Waals surface area (Å²) in [5.41, 5.74) is 1.03. The third-order valence-corrected chi connectivity index (χ3v) is 1.11. The lowest BCUT2D eigenvalue weighted by molar-refractivity contribution is 0.241. The van der Waals surface area contributed by atoms with Crippen molar-refractivity contribution >= 4 is 6.03 Å². The van der Waals surface area contributed by atoms with Crippen LogP contribution in [0.1, 0.15) is 20.3 Å². The first-order chi connectivity index (χ1) is 5.66. The lowest BCUT2D eigenvalue weighted by Crippen LogP contribution is -2.33. The topological polar surface area (TPSA) is 61.4 Å². The summed E-state index contributed by atoms with van der Waals surface area (Å²) >= 11 is 0. The largest absolute Gasteiger partial charge is 0.396 e. The molecular formula is C8H16N2O2. The van der Waals surface area contributed by atoms with Crippen molar-refractivity contribution in [1.29, 1.82) is 0 Å². The van der Waals surface area contributed by atoms with E-state index in [0.717, 1.165) is 5.57 Å². The SMILES string of the molecule is CC(C)=CNC(=O)NCCCO. The Morgan fingerprint density at radius 1 is 1.50 bits per heavy atom. The number of aliphatic hydroxyl groups is 1. The number of hydrogen-bond donors (Lipinski definition) is 3. The molecule has 0 aliphatic rings. The first kappa shape index (κ1) is 11.0. The van der Waals surface area contributed by atoms with E-state index in [9.17, 15) is 4.79 Å². The van der Waals surface area contributed by atoms with Crippen LogP contribution < -0.4 is 10.6 Å². The summed E-state index contributed by atoms with van der Waals surface area (Å²) in [7, 11) is 0. The fourth-order valence-corrected chi connectivity index (χ4v) is 0.542. The van der Waals surface area contributed by atoms with Crippen molar-refractivity contribution in [2.45, 2.75) is 20.3 Å². The molecule has 0 saturated heterocycles. The van der Waals surface area contributed by atoms with Crippen LogP contribution in [0, 0.1) is 0 Å². The summed E-state index contributed by atoms with van der Waals surface area (Å²) in [5, 5.41) is 13.5. The van der Waals surface area contributed by atoms with E-state index in [1.165, 1.54) is 0 Å². The summed E-state index contributed by atoms with van der Waals surface area (Å²) < 4.78 is 0. The molecule has 0 saturated carbocycles. The summed E-state index contributed by atoms with van der Waals surface area (Å²) in [6.45, 7) is 4.39. The fourth-order valence-electron chi connectivity index (χ4n) is 0.542. The standard InChI is InChI=1S/C8H16N2O2/c1-7(2)6-10-8(12)9-4-3-5-11/h6,11H,3-5H2,1-2H3,(H2,9,10,12). The van der Waals surface area contributed by atoms with E-state index in [-0.39, 0.29) is 12.6 Å². The van der Waals surface area contributed by atoms with E-state index < -0.39 is 0 Å². The van der Waals surface area contributed by atoms with E-state index in [1.54, 1.807) is 6.20 Å². The molecule has 0 aromatic carbocycles. The van der Waals surface area contributed by atoms with Crippen LogP contribution >= 0.6 is 0 Å². The minimum atomic E-state index is -0.232. The molecule has 0 unspecified atom stereocenters. The molecule has 0 aromatic heterocycles. The molecule has 3 N–H and O–H groups in total. The summed E-state index contributed by atoms with van der Waals surface area (Å²) in [4.78, 5) is 10.9. The Balaban J connectivity index is 3.41. The second-order valence-corrected chi connectivity index (χ2v) is 2.70. The molecule has 0 heterocycles. The van der Waals surface area contributed by atoms with Gasteiger partial charge in [-0.15, -0.1) is 0 Å². The normalized spacial score (nSPS) is 8.92. The molecule has 0 bridgehead atoms. The summed E-state index contributed by atoms with van der Waals surface area (Å²) in [6, 6.07) is -0.232. The Kier molecular flexibility index (Phi) is 6.09. The highest BCUT2D eigenvalue weighted by molar-refractivity contribution is 5.74. The third kappa shape index (κ3) is 7.08. The summed E-state index contributed by atoms with van der Waals surface area (Å²) in [6.07, 6.45) is 2.22. The number of rotatable bonds is 4. The molecule has 0 radical (unpaired) electrons. The molecule has 0 atom stereocenters. The Labute approximate surface area is 72.7 Å². The Hall–Kier alpha value is -1.03. The van der Waals surface area contributed by atoms with E-state index in [4.69, 9.17) is 5.11 Å². The van der Waals surface area contributed by atoms with E-state index in [1.807, 2.05) is 13.8 Å². The number of amides is 2. The van der Waals surface area contributed by atoms with Crippen LogP contribution in [0.4, 0.5) is 4.79 Å². The van der Waals surface area contributed by atoms with Gasteiger partial charge in [0.2, 0.25) is 0 Å². The van der Waals surface area contributed by atoms with Gasteiger partial charge in [0.15, 0.2) is 0 Å². The molecule has 2 amide bonds. The predicted molar refractivity (Wildman–Crippen MR) is 47.7 cm³/mol. The van der Waals surface area contributed by atoms with Gasteiger partial charge in [-0.3, -0.25) is 0 Å². The highest BCUT2D eigenvalue weighted by Gasteiger charge is 1.94. The lowest BCUT2D eigenvalue weighted by atomic mass is 10.4. The minimum Gasteiger partial charge on any atom is -0.396 e. The summed E-state index contributed by atoms with van der Waals surface area (Å²) in [5.74, 6) is 0. The number of carbonyl (C=O) groups excluding carboxylic acids is 1. The van der Waals surface area contributed by atoms with E-state index >= 15 is 0 Å². The van der Waals surface area contributed by atoms with Crippen LogP contribution in [-0.4, -0.2) is 24.3 Å². The molecule has 0 aliphatic heterocycles. The van der Waals surface area contributed by atoms with Gasteiger partial charge in [0.1, 0.15) is 0 Å². The van der Waals surface area contributed by atoms with Crippen molar-refractivity contribution in [3.05, 3.63) is 11.8 Å². The van der Waals surface area contributed by atoms with Crippen LogP contribution in [0.15, 0.2) is 11.8 Å². The Morgan fingerprint density at radius 2 is 2.17 bits per heavy atom. The Morgan fingerprint density at radius 3 is 2.67 bits per heavy atom. The van der Waals surface area contributed by atoms with Crippen molar-refractivity contribution in [2.75, 3.05) is 13.2 Å².